The number of aromatic nitrogens is 4. The van der Waals surface area contributed by atoms with Crippen LogP contribution >= 0.6 is 11.6 Å². The van der Waals surface area contributed by atoms with Crippen LogP contribution in [-0.2, 0) is 0 Å². The van der Waals surface area contributed by atoms with E-state index in [0.717, 1.165) is 52.4 Å². The van der Waals surface area contributed by atoms with Gasteiger partial charge in [-0.2, -0.15) is 0 Å². The van der Waals surface area contributed by atoms with Crippen LogP contribution in [0.1, 0.15) is 22.3 Å². The Morgan fingerprint density at radius 3 is 2.53 bits per heavy atom. The van der Waals surface area contributed by atoms with E-state index in [4.69, 9.17) is 16.6 Å². The van der Waals surface area contributed by atoms with E-state index in [1.807, 2.05) is 70.0 Å². The smallest absolute Gasteiger partial charge is 0.253 e. The number of carbonyl (C=O) groups excluding carboxylic acids is 1. The molecule has 36 heavy (non-hydrogen) atoms. The second-order valence-corrected chi connectivity index (χ2v) is 9.51. The Kier molecular flexibility index (Phi) is 5.77. The molecule has 2 aromatic heterocycles. The van der Waals surface area contributed by atoms with Crippen molar-refractivity contribution in [1.82, 2.24) is 24.5 Å². The highest BCUT2D eigenvalue weighted by Gasteiger charge is 2.25. The summed E-state index contributed by atoms with van der Waals surface area (Å²) in [5.74, 6) is 1.58. The minimum absolute atomic E-state index is 0.0609. The topological polar surface area (TPSA) is 66.6 Å². The lowest BCUT2D eigenvalue weighted by atomic mass is 10.1. The molecule has 0 aliphatic carbocycles. The Bertz CT molecular complexity index is 1580. The zero-order chi connectivity index (χ0) is 24.6. The van der Waals surface area contributed by atoms with Gasteiger partial charge in [-0.25, -0.2) is 9.38 Å². The molecular weight excluding hydrogens is 472 g/mol. The summed E-state index contributed by atoms with van der Waals surface area (Å²) in [5, 5.41) is 10.7. The summed E-state index contributed by atoms with van der Waals surface area (Å²) in [6.07, 6.45) is 0.831. The predicted molar refractivity (Wildman–Crippen MR) is 143 cm³/mol. The SMILES string of the molecule is Cc1ccccc1-c1nnc2c3ccc(Cl)cc3nc(N3CCCN(C(=O)c4ccccc4)CC3)n12. The molecule has 0 radical (unpaired) electrons. The van der Waals surface area contributed by atoms with Crippen molar-refractivity contribution in [2.75, 3.05) is 31.1 Å². The molecule has 0 atom stereocenters. The van der Waals surface area contributed by atoms with Crippen LogP contribution in [0.3, 0.4) is 0 Å². The van der Waals surface area contributed by atoms with Gasteiger partial charge in [0.1, 0.15) is 0 Å². The van der Waals surface area contributed by atoms with E-state index in [0.29, 0.717) is 30.2 Å². The number of aryl methyl sites for hydroxylation is 1. The fourth-order valence-corrected chi connectivity index (χ4v) is 5.05. The maximum Gasteiger partial charge on any atom is 0.253 e. The van der Waals surface area contributed by atoms with Crippen molar-refractivity contribution in [2.45, 2.75) is 13.3 Å². The number of hydrogen-bond acceptors (Lipinski definition) is 5. The largest absolute Gasteiger partial charge is 0.340 e. The van der Waals surface area contributed by atoms with E-state index >= 15 is 0 Å². The van der Waals surface area contributed by atoms with E-state index in [1.165, 1.54) is 0 Å². The average Bonchev–Trinajstić information content (AvgIpc) is 3.19. The van der Waals surface area contributed by atoms with Gasteiger partial charge in [0.05, 0.1) is 5.52 Å². The summed E-state index contributed by atoms with van der Waals surface area (Å²) in [5.41, 5.74) is 4.36. The van der Waals surface area contributed by atoms with E-state index in [2.05, 4.69) is 34.2 Å². The van der Waals surface area contributed by atoms with E-state index < -0.39 is 0 Å². The minimum atomic E-state index is 0.0609. The Morgan fingerprint density at radius 2 is 1.69 bits per heavy atom. The van der Waals surface area contributed by atoms with Gasteiger partial charge in [-0.3, -0.25) is 4.79 Å². The number of rotatable bonds is 3. The third kappa shape index (κ3) is 3.95. The normalized spacial score (nSPS) is 14.4. The first kappa shape index (κ1) is 22.5. The molecule has 5 aromatic rings. The van der Waals surface area contributed by atoms with Gasteiger partial charge in [0.25, 0.3) is 5.91 Å². The molecule has 8 heteroatoms. The third-order valence-electron chi connectivity index (χ3n) is 6.76. The molecule has 7 nitrogen and oxygen atoms in total. The standard InChI is InChI=1S/C28H25ClN6O/c1-19-8-5-6-11-22(19)25-31-32-26-23-13-12-21(29)18-24(23)30-28(35(25)26)34-15-7-14-33(16-17-34)27(36)20-9-3-2-4-10-20/h2-6,8-13,18H,7,14-17H2,1H3. The highest BCUT2D eigenvalue weighted by molar-refractivity contribution is 6.31. The number of halogens is 1. The number of carbonyl (C=O) groups is 1. The number of amides is 1. The molecule has 3 aromatic carbocycles. The van der Waals surface area contributed by atoms with Crippen LogP contribution in [0.4, 0.5) is 5.95 Å². The fourth-order valence-electron chi connectivity index (χ4n) is 4.89. The first-order valence-corrected chi connectivity index (χ1v) is 12.5. The molecule has 1 saturated heterocycles. The molecule has 1 aliphatic rings. The summed E-state index contributed by atoms with van der Waals surface area (Å²) >= 11 is 6.33. The molecule has 1 fully saturated rings. The number of benzene rings is 3. The number of hydrogen-bond donors (Lipinski definition) is 0. The zero-order valence-corrected chi connectivity index (χ0v) is 20.7. The van der Waals surface area contributed by atoms with E-state index in [1.54, 1.807) is 0 Å². The van der Waals surface area contributed by atoms with Crippen LogP contribution in [0.5, 0.6) is 0 Å². The molecule has 0 spiro atoms. The Morgan fingerprint density at radius 1 is 0.889 bits per heavy atom. The molecule has 0 N–H and O–H groups in total. The van der Waals surface area contributed by atoms with Crippen molar-refractivity contribution < 1.29 is 4.79 Å². The lowest BCUT2D eigenvalue weighted by Crippen LogP contribution is -2.35. The second-order valence-electron chi connectivity index (χ2n) is 9.07. The van der Waals surface area contributed by atoms with Crippen LogP contribution < -0.4 is 4.90 Å². The first-order valence-electron chi connectivity index (χ1n) is 12.1. The third-order valence-corrected chi connectivity index (χ3v) is 6.99. The van der Waals surface area contributed by atoms with Gasteiger partial charge in [-0.05, 0) is 49.2 Å². The Balaban J connectivity index is 1.44. The van der Waals surface area contributed by atoms with E-state index in [-0.39, 0.29) is 5.91 Å². The first-order chi connectivity index (χ1) is 17.6. The number of nitrogens with zero attached hydrogens (tertiary/aromatic N) is 6. The van der Waals surface area contributed by atoms with Crippen molar-refractivity contribution in [2.24, 2.45) is 0 Å². The van der Waals surface area contributed by atoms with Crippen LogP contribution in [0, 0.1) is 6.92 Å². The van der Waals surface area contributed by atoms with Crippen LogP contribution in [0.15, 0.2) is 72.8 Å². The summed E-state index contributed by atoms with van der Waals surface area (Å²) in [6.45, 7) is 4.78. The molecule has 0 unspecified atom stereocenters. The van der Waals surface area contributed by atoms with E-state index in [9.17, 15) is 4.79 Å². The Labute approximate surface area is 214 Å². The maximum atomic E-state index is 13.1. The maximum absolute atomic E-state index is 13.1. The lowest BCUT2D eigenvalue weighted by molar-refractivity contribution is 0.0767. The number of anilines is 1. The Hall–Kier alpha value is -3.97. The molecule has 1 amide bonds. The van der Waals surface area contributed by atoms with Gasteiger partial charge >= 0.3 is 0 Å². The highest BCUT2D eigenvalue weighted by atomic mass is 35.5. The minimum Gasteiger partial charge on any atom is -0.340 e. The van der Waals surface area contributed by atoms with Crippen LogP contribution in [0.25, 0.3) is 27.9 Å². The van der Waals surface area contributed by atoms with Crippen molar-refractivity contribution in [1.29, 1.82) is 0 Å². The van der Waals surface area contributed by atoms with Gasteiger partial charge in [-0.15, -0.1) is 10.2 Å². The van der Waals surface area contributed by atoms with Crippen LogP contribution in [0.2, 0.25) is 5.02 Å². The van der Waals surface area contributed by atoms with Crippen LogP contribution in [-0.4, -0.2) is 56.6 Å². The number of fused-ring (bicyclic) bond motifs is 3. The molecule has 0 bridgehead atoms. The average molecular weight is 497 g/mol. The van der Waals surface area contributed by atoms with Gasteiger partial charge in [-0.1, -0.05) is 54.1 Å². The summed E-state index contributed by atoms with van der Waals surface area (Å²) in [4.78, 5) is 22.3. The molecule has 3 heterocycles. The summed E-state index contributed by atoms with van der Waals surface area (Å²) in [6, 6.07) is 23.3. The highest BCUT2D eigenvalue weighted by Crippen LogP contribution is 2.31. The molecule has 180 valence electrons. The molecule has 0 saturated carbocycles. The van der Waals surface area contributed by atoms with Gasteiger partial charge < -0.3 is 9.80 Å². The second kappa shape index (κ2) is 9.24. The summed E-state index contributed by atoms with van der Waals surface area (Å²) in [7, 11) is 0. The fraction of sp³-hybridized carbons (Fsp3) is 0.214. The van der Waals surface area contributed by atoms with Crippen molar-refractivity contribution >= 4 is 40.0 Å². The van der Waals surface area contributed by atoms with Crippen molar-refractivity contribution in [3.05, 3.63) is 88.9 Å². The molecular formula is C28H25ClN6O. The van der Waals surface area contributed by atoms with Gasteiger partial charge in [0.15, 0.2) is 11.5 Å². The van der Waals surface area contributed by atoms with Gasteiger partial charge in [0, 0.05) is 47.7 Å². The molecule has 1 aliphatic heterocycles. The van der Waals surface area contributed by atoms with Crippen molar-refractivity contribution in [3.63, 3.8) is 0 Å². The quantitative estimate of drug-likeness (QED) is 0.341. The van der Waals surface area contributed by atoms with Crippen molar-refractivity contribution in [3.8, 4) is 11.4 Å². The predicted octanol–water partition coefficient (Wildman–Crippen LogP) is 5.26. The summed E-state index contributed by atoms with van der Waals surface area (Å²) < 4.78 is 2.05. The monoisotopic (exact) mass is 496 g/mol. The van der Waals surface area contributed by atoms with Gasteiger partial charge in [0.2, 0.25) is 5.95 Å². The lowest BCUT2D eigenvalue weighted by Gasteiger charge is -2.24. The molecule has 6 rings (SSSR count). The zero-order valence-electron chi connectivity index (χ0n) is 19.9.